The van der Waals surface area contributed by atoms with Gasteiger partial charge in [-0.2, -0.15) is 0 Å². The van der Waals surface area contributed by atoms with Crippen LogP contribution in [0.25, 0.3) is 11.3 Å². The lowest BCUT2D eigenvalue weighted by Crippen LogP contribution is -2.52. The molecule has 31 heavy (non-hydrogen) atoms. The molecule has 8 heteroatoms. The Hall–Kier alpha value is -3.00. The predicted molar refractivity (Wildman–Crippen MR) is 118 cm³/mol. The normalized spacial score (nSPS) is 12.9. The summed E-state index contributed by atoms with van der Waals surface area (Å²) in [6.45, 7) is 7.88. The number of benzene rings is 1. The fourth-order valence-electron chi connectivity index (χ4n) is 3.64. The van der Waals surface area contributed by atoms with Crippen LogP contribution in [0, 0.1) is 0 Å². The molecule has 0 radical (unpaired) electrons. The maximum absolute atomic E-state index is 12.5. The van der Waals surface area contributed by atoms with Crippen LogP contribution >= 0.6 is 0 Å². The van der Waals surface area contributed by atoms with Gasteiger partial charge in [-0.15, -0.1) is 0 Å². The van der Waals surface area contributed by atoms with E-state index in [1.807, 2.05) is 12.1 Å². The number of ether oxygens (including phenoxy) is 3. The number of aromatic carboxylic acids is 1. The van der Waals surface area contributed by atoms with Gasteiger partial charge in [-0.3, -0.25) is 9.47 Å². The van der Waals surface area contributed by atoms with Gasteiger partial charge in [0, 0.05) is 38.0 Å². The molecule has 168 valence electrons. The van der Waals surface area contributed by atoms with Crippen molar-refractivity contribution in [1.29, 1.82) is 0 Å². The number of hydrogen-bond acceptors (Lipinski definition) is 6. The zero-order valence-electron chi connectivity index (χ0n) is 18.7. The summed E-state index contributed by atoms with van der Waals surface area (Å²) in [6, 6.07) is 5.18. The van der Waals surface area contributed by atoms with Crippen molar-refractivity contribution in [1.82, 2.24) is 4.68 Å². The minimum absolute atomic E-state index is 0.255. The lowest BCUT2D eigenvalue weighted by molar-refractivity contribution is 0.0694. The number of methoxy groups -OCH3 is 2. The molecule has 1 N–H and O–H groups in total. The van der Waals surface area contributed by atoms with Gasteiger partial charge in [0.2, 0.25) is 0 Å². The van der Waals surface area contributed by atoms with E-state index in [0.717, 1.165) is 24.0 Å². The van der Waals surface area contributed by atoms with Crippen LogP contribution in [0.15, 0.2) is 29.2 Å². The Bertz CT molecular complexity index is 1030. The van der Waals surface area contributed by atoms with Gasteiger partial charge < -0.3 is 24.3 Å². The molecule has 0 bridgehead atoms. The smallest absolute Gasteiger partial charge is 0.341 e. The number of pyridine rings is 1. The molecule has 2 heterocycles. The highest BCUT2D eigenvalue weighted by atomic mass is 16.5. The third-order valence-corrected chi connectivity index (χ3v) is 5.82. The number of aromatic nitrogens is 1. The predicted octanol–water partition coefficient (Wildman–Crippen LogP) is 3.28. The summed E-state index contributed by atoms with van der Waals surface area (Å²) in [5, 5.41) is 11.6. The summed E-state index contributed by atoms with van der Waals surface area (Å²) in [6.07, 6.45) is 3.00. The topological polar surface area (TPSA) is 90.2 Å². The molecule has 0 amide bonds. The summed E-state index contributed by atoms with van der Waals surface area (Å²) in [4.78, 5) is 24.1. The molecule has 1 aliphatic heterocycles. The third-order valence-electron chi connectivity index (χ3n) is 5.82. The van der Waals surface area contributed by atoms with E-state index >= 15 is 0 Å². The monoisotopic (exact) mass is 430 g/mol. The van der Waals surface area contributed by atoms with E-state index in [9.17, 15) is 14.7 Å². The summed E-state index contributed by atoms with van der Waals surface area (Å²) in [5.41, 5.74) is 1.36. The summed E-state index contributed by atoms with van der Waals surface area (Å²) >= 11 is 0. The van der Waals surface area contributed by atoms with Crippen LogP contribution in [-0.4, -0.2) is 48.7 Å². The fourth-order valence-corrected chi connectivity index (χ4v) is 3.64. The van der Waals surface area contributed by atoms with Gasteiger partial charge in [-0.05, 0) is 38.0 Å². The maximum atomic E-state index is 12.5. The van der Waals surface area contributed by atoms with Gasteiger partial charge in [0.25, 0.3) is 0 Å². The molecule has 8 nitrogen and oxygen atoms in total. The van der Waals surface area contributed by atoms with Crippen LogP contribution in [0.4, 0.5) is 0 Å². The Labute approximate surface area is 181 Å². The van der Waals surface area contributed by atoms with Crippen LogP contribution in [0.2, 0.25) is 0 Å². The number of carbonyl (C=O) groups is 1. The largest absolute Gasteiger partial charge is 0.493 e. The SMILES string of the molecule is CCC(C)(C)N1Cc2cc(OCCCOC)c(OC)cc2-c2cc(=O)c(C(=O)O)cn21. The Morgan fingerprint density at radius 2 is 1.90 bits per heavy atom. The van der Waals surface area contributed by atoms with Crippen molar-refractivity contribution in [3.8, 4) is 22.8 Å². The first-order valence-corrected chi connectivity index (χ1v) is 10.3. The molecule has 1 aromatic carbocycles. The highest BCUT2D eigenvalue weighted by molar-refractivity contribution is 5.88. The number of nitrogens with zero attached hydrogens (tertiary/aromatic N) is 2. The zero-order chi connectivity index (χ0) is 22.8. The van der Waals surface area contributed by atoms with Crippen molar-refractivity contribution in [3.05, 3.63) is 45.7 Å². The zero-order valence-corrected chi connectivity index (χ0v) is 18.7. The molecule has 1 aliphatic rings. The summed E-state index contributed by atoms with van der Waals surface area (Å²) < 4.78 is 18.3. The fraction of sp³-hybridized carbons (Fsp3) is 0.478. The van der Waals surface area contributed by atoms with Crippen LogP contribution < -0.4 is 19.9 Å². The van der Waals surface area contributed by atoms with Gasteiger partial charge >= 0.3 is 5.97 Å². The number of fused-ring (bicyclic) bond motifs is 3. The van der Waals surface area contributed by atoms with Gasteiger partial charge in [-0.25, -0.2) is 4.79 Å². The number of carboxylic acids is 1. The van der Waals surface area contributed by atoms with Crippen molar-refractivity contribution < 1.29 is 24.1 Å². The molecule has 0 saturated heterocycles. The average Bonchev–Trinajstić information content (AvgIpc) is 2.74. The van der Waals surface area contributed by atoms with Crippen molar-refractivity contribution in [2.75, 3.05) is 32.4 Å². The number of carboxylic acid groups (broad SMARTS) is 1. The second-order valence-corrected chi connectivity index (χ2v) is 8.16. The molecule has 0 saturated carbocycles. The Kier molecular flexibility index (Phi) is 6.59. The minimum Gasteiger partial charge on any atom is -0.493 e. The molecule has 0 unspecified atom stereocenters. The average molecular weight is 431 g/mol. The lowest BCUT2D eigenvalue weighted by atomic mass is 9.95. The van der Waals surface area contributed by atoms with Crippen LogP contribution in [0.1, 0.15) is 49.5 Å². The van der Waals surface area contributed by atoms with Gasteiger partial charge in [0.1, 0.15) is 5.56 Å². The van der Waals surface area contributed by atoms with Gasteiger partial charge in [-0.1, -0.05) is 6.92 Å². The first-order valence-electron chi connectivity index (χ1n) is 10.3. The highest BCUT2D eigenvalue weighted by Crippen LogP contribution is 2.40. The van der Waals surface area contributed by atoms with Crippen LogP contribution in [-0.2, 0) is 11.3 Å². The van der Waals surface area contributed by atoms with Gasteiger partial charge in [0.15, 0.2) is 16.9 Å². The molecule has 0 fully saturated rings. The van der Waals surface area contributed by atoms with Crippen LogP contribution in [0.3, 0.4) is 0 Å². The van der Waals surface area contributed by atoms with Crippen molar-refractivity contribution in [3.63, 3.8) is 0 Å². The summed E-state index contributed by atoms with van der Waals surface area (Å²) in [7, 11) is 3.22. The minimum atomic E-state index is -1.24. The second-order valence-electron chi connectivity index (χ2n) is 8.16. The number of rotatable bonds is 9. The Morgan fingerprint density at radius 3 is 2.52 bits per heavy atom. The first-order chi connectivity index (χ1) is 14.7. The Morgan fingerprint density at radius 1 is 1.16 bits per heavy atom. The van der Waals surface area contributed by atoms with E-state index in [1.165, 1.54) is 12.3 Å². The highest BCUT2D eigenvalue weighted by Gasteiger charge is 2.33. The molecule has 2 aromatic rings. The van der Waals surface area contributed by atoms with E-state index in [1.54, 1.807) is 18.9 Å². The Balaban J connectivity index is 2.16. The molecule has 0 atom stereocenters. The quantitative estimate of drug-likeness (QED) is 0.611. The molecule has 0 spiro atoms. The molecular formula is C23H30N2O6. The first kappa shape index (κ1) is 22.7. The van der Waals surface area contributed by atoms with E-state index in [4.69, 9.17) is 14.2 Å². The second kappa shape index (κ2) is 9.01. The van der Waals surface area contributed by atoms with Crippen molar-refractivity contribution >= 4 is 5.97 Å². The van der Waals surface area contributed by atoms with Gasteiger partial charge in [0.05, 0.1) is 31.5 Å². The van der Waals surface area contributed by atoms with E-state index < -0.39 is 11.4 Å². The number of hydrogen-bond donors (Lipinski definition) is 1. The molecule has 3 rings (SSSR count). The van der Waals surface area contributed by atoms with Crippen molar-refractivity contribution in [2.45, 2.75) is 45.7 Å². The van der Waals surface area contributed by atoms with Crippen molar-refractivity contribution in [2.24, 2.45) is 0 Å². The third kappa shape index (κ3) is 4.39. The molecular weight excluding hydrogens is 400 g/mol. The van der Waals surface area contributed by atoms with E-state index in [2.05, 4.69) is 25.8 Å². The lowest BCUT2D eigenvalue weighted by Gasteiger charge is -2.45. The summed E-state index contributed by atoms with van der Waals surface area (Å²) in [5.74, 6) is -0.0528. The maximum Gasteiger partial charge on any atom is 0.341 e. The van der Waals surface area contributed by atoms with E-state index in [-0.39, 0.29) is 11.1 Å². The van der Waals surface area contributed by atoms with Crippen LogP contribution in [0.5, 0.6) is 11.5 Å². The standard InChI is InChI=1S/C23H30N2O6/c1-6-23(2,3)25-13-15-10-21(31-9-7-8-29-4)20(30-5)11-16(15)18-12-19(26)17(22(27)28)14-24(18)25/h10-12,14H,6-9,13H2,1-5H3,(H,27,28). The molecule has 1 aromatic heterocycles. The van der Waals surface area contributed by atoms with E-state index in [0.29, 0.717) is 37.0 Å². The molecule has 0 aliphatic carbocycles.